The maximum absolute atomic E-state index is 12.8. The van der Waals surface area contributed by atoms with Crippen molar-refractivity contribution < 1.29 is 28.6 Å². The lowest BCUT2D eigenvalue weighted by molar-refractivity contribution is -0.167. The van der Waals surface area contributed by atoms with Crippen molar-refractivity contribution in [2.45, 2.75) is 245 Å². The first-order valence-electron chi connectivity index (χ1n) is 26.1. The Kier molecular flexibility index (Phi) is 48.5. The molecule has 0 aliphatic heterocycles. The van der Waals surface area contributed by atoms with Gasteiger partial charge in [-0.3, -0.25) is 14.4 Å². The molecule has 0 radical (unpaired) electrons. The lowest BCUT2D eigenvalue weighted by Gasteiger charge is -2.18. The van der Waals surface area contributed by atoms with Gasteiger partial charge in [0.2, 0.25) is 0 Å². The van der Waals surface area contributed by atoms with E-state index in [1.54, 1.807) is 0 Å². The van der Waals surface area contributed by atoms with Gasteiger partial charge in [0, 0.05) is 19.3 Å². The third-order valence-corrected chi connectivity index (χ3v) is 10.9. The topological polar surface area (TPSA) is 78.9 Å². The highest BCUT2D eigenvalue weighted by atomic mass is 16.6. The molecule has 0 aliphatic rings. The lowest BCUT2D eigenvalue weighted by Crippen LogP contribution is -2.30. The van der Waals surface area contributed by atoms with Gasteiger partial charge in [-0.05, 0) is 96.3 Å². The van der Waals surface area contributed by atoms with Gasteiger partial charge in [-0.2, -0.15) is 0 Å². The van der Waals surface area contributed by atoms with Crippen molar-refractivity contribution in [3.05, 3.63) is 85.1 Å². The van der Waals surface area contributed by atoms with Gasteiger partial charge < -0.3 is 14.2 Å². The van der Waals surface area contributed by atoms with Gasteiger partial charge >= 0.3 is 17.9 Å². The predicted molar refractivity (Wildman–Crippen MR) is 270 cm³/mol. The van der Waals surface area contributed by atoms with Crippen molar-refractivity contribution in [1.82, 2.24) is 0 Å². The number of carbonyl (C=O) groups excluding carboxylic acids is 3. The van der Waals surface area contributed by atoms with E-state index in [1.807, 2.05) is 0 Å². The van der Waals surface area contributed by atoms with Crippen molar-refractivity contribution in [2.75, 3.05) is 13.2 Å². The van der Waals surface area contributed by atoms with Crippen LogP contribution < -0.4 is 0 Å². The molecule has 0 saturated heterocycles. The Morgan fingerprint density at radius 1 is 0.349 bits per heavy atom. The van der Waals surface area contributed by atoms with Gasteiger partial charge in [0.25, 0.3) is 0 Å². The van der Waals surface area contributed by atoms with Crippen LogP contribution in [0.15, 0.2) is 85.1 Å². The molecule has 1 atom stereocenters. The number of carbonyl (C=O) groups is 3. The summed E-state index contributed by atoms with van der Waals surface area (Å²) in [5.74, 6) is -0.971. The summed E-state index contributed by atoms with van der Waals surface area (Å²) in [4.78, 5) is 37.9. The number of hydrogen-bond donors (Lipinski definition) is 0. The van der Waals surface area contributed by atoms with Crippen LogP contribution in [0.2, 0.25) is 0 Å². The minimum atomic E-state index is -0.803. The van der Waals surface area contributed by atoms with Gasteiger partial charge in [0.1, 0.15) is 13.2 Å². The highest BCUT2D eigenvalue weighted by Crippen LogP contribution is 2.14. The SMILES string of the molecule is CC/C=C\C/C=C\CCCCC(=O)OCC(COC(=O)CCCCCCC\C=C/C=C\C=C/C=C\CCCCC)OC(=O)CCCCCCC/C=C\CCCCCCCCCCC. The second-order valence-electron chi connectivity index (χ2n) is 17.1. The molecule has 0 bridgehead atoms. The first-order chi connectivity index (χ1) is 31.0. The molecule has 0 aromatic rings. The minimum absolute atomic E-state index is 0.103. The monoisotopic (exact) mass is 877 g/mol. The summed E-state index contributed by atoms with van der Waals surface area (Å²) in [7, 11) is 0. The molecular weight excluding hydrogens is 781 g/mol. The zero-order chi connectivity index (χ0) is 45.8. The summed E-state index contributed by atoms with van der Waals surface area (Å²) in [5.41, 5.74) is 0. The quantitative estimate of drug-likeness (QED) is 0.0199. The molecule has 6 nitrogen and oxygen atoms in total. The van der Waals surface area contributed by atoms with Crippen LogP contribution in [-0.4, -0.2) is 37.2 Å². The van der Waals surface area contributed by atoms with E-state index in [2.05, 4.69) is 106 Å². The summed E-state index contributed by atoms with van der Waals surface area (Å²) in [6.45, 7) is 6.42. The fourth-order valence-electron chi connectivity index (χ4n) is 7.01. The third-order valence-electron chi connectivity index (χ3n) is 10.9. The molecule has 0 N–H and O–H groups in total. The van der Waals surface area contributed by atoms with E-state index in [1.165, 1.54) is 89.9 Å². The van der Waals surface area contributed by atoms with Crippen LogP contribution in [0.3, 0.4) is 0 Å². The molecule has 0 rings (SSSR count). The van der Waals surface area contributed by atoms with E-state index in [0.29, 0.717) is 19.3 Å². The number of rotatable bonds is 46. The average molecular weight is 877 g/mol. The molecule has 0 fully saturated rings. The van der Waals surface area contributed by atoms with Crippen LogP contribution in [0.25, 0.3) is 0 Å². The Hall–Kier alpha value is -3.41. The Labute approximate surface area is 388 Å². The highest BCUT2D eigenvalue weighted by Gasteiger charge is 2.19. The van der Waals surface area contributed by atoms with E-state index in [9.17, 15) is 14.4 Å². The van der Waals surface area contributed by atoms with Gasteiger partial charge in [0.15, 0.2) is 6.10 Å². The van der Waals surface area contributed by atoms with Gasteiger partial charge in [0.05, 0.1) is 0 Å². The third kappa shape index (κ3) is 49.5. The van der Waals surface area contributed by atoms with Crippen LogP contribution in [-0.2, 0) is 28.6 Å². The average Bonchev–Trinajstić information content (AvgIpc) is 3.28. The van der Waals surface area contributed by atoms with Crippen molar-refractivity contribution >= 4 is 17.9 Å². The molecular formula is C57H96O6. The molecule has 0 heterocycles. The van der Waals surface area contributed by atoms with Gasteiger partial charge in [-0.15, -0.1) is 0 Å². The zero-order valence-corrected chi connectivity index (χ0v) is 41.1. The summed E-state index contributed by atoms with van der Waals surface area (Å²) in [6.07, 6.45) is 65.8. The molecule has 1 unspecified atom stereocenters. The Balaban J connectivity index is 4.40. The fourth-order valence-corrected chi connectivity index (χ4v) is 7.01. The van der Waals surface area contributed by atoms with E-state index in [4.69, 9.17) is 14.2 Å². The van der Waals surface area contributed by atoms with E-state index in [-0.39, 0.29) is 31.1 Å². The van der Waals surface area contributed by atoms with Crippen LogP contribution in [0.5, 0.6) is 0 Å². The summed E-state index contributed by atoms with van der Waals surface area (Å²) >= 11 is 0. The van der Waals surface area contributed by atoms with Crippen LogP contribution in [0.1, 0.15) is 239 Å². The molecule has 0 spiro atoms. The molecule has 0 aromatic heterocycles. The van der Waals surface area contributed by atoms with Crippen molar-refractivity contribution in [3.8, 4) is 0 Å². The second kappa shape index (κ2) is 51.2. The largest absolute Gasteiger partial charge is 0.462 e. The molecule has 0 aliphatic carbocycles. The summed E-state index contributed by atoms with van der Waals surface area (Å²) in [6, 6.07) is 0. The molecule has 6 heteroatoms. The van der Waals surface area contributed by atoms with E-state index >= 15 is 0 Å². The van der Waals surface area contributed by atoms with Crippen molar-refractivity contribution in [3.63, 3.8) is 0 Å². The second-order valence-corrected chi connectivity index (χ2v) is 17.1. The number of allylic oxidation sites excluding steroid dienone is 14. The van der Waals surface area contributed by atoms with Gasteiger partial charge in [-0.1, -0.05) is 209 Å². The maximum Gasteiger partial charge on any atom is 0.306 e. The normalized spacial score (nSPS) is 12.7. The minimum Gasteiger partial charge on any atom is -0.462 e. The summed E-state index contributed by atoms with van der Waals surface area (Å²) in [5, 5.41) is 0. The van der Waals surface area contributed by atoms with Gasteiger partial charge in [-0.25, -0.2) is 0 Å². The van der Waals surface area contributed by atoms with Crippen LogP contribution in [0.4, 0.5) is 0 Å². The Morgan fingerprint density at radius 3 is 1.17 bits per heavy atom. The molecule has 0 saturated carbocycles. The predicted octanol–water partition coefficient (Wildman–Crippen LogP) is 17.2. The molecule has 0 aromatic carbocycles. The van der Waals surface area contributed by atoms with E-state index < -0.39 is 6.10 Å². The molecule has 63 heavy (non-hydrogen) atoms. The first kappa shape index (κ1) is 59.6. The zero-order valence-electron chi connectivity index (χ0n) is 41.1. The standard InChI is InChI=1S/C57H96O6/c1-4-7-10-13-16-19-21-23-25-27-29-31-33-35-38-41-44-47-50-56(59)62-53-54(52-61-55(58)49-46-43-40-37-18-15-12-9-6-3)63-57(60)51-48-45-42-39-36-34-32-30-28-26-24-22-20-17-14-11-8-5-2/h9,12,16,18-19,21,23,25,27,29-32,37,54H,4-8,10-11,13-15,17,20,22,24,26,28,33-36,38-53H2,1-3H3/b12-9-,19-16-,23-21-,27-25-,31-29-,32-30-,37-18-. The molecule has 360 valence electrons. The molecule has 0 amide bonds. The van der Waals surface area contributed by atoms with E-state index in [0.717, 1.165) is 109 Å². The number of unbranched alkanes of at least 4 members (excludes halogenated alkanes) is 24. The Bertz CT molecular complexity index is 1240. The fraction of sp³-hybridized carbons (Fsp3) is 0.702. The number of ether oxygens (including phenoxy) is 3. The number of esters is 3. The van der Waals surface area contributed by atoms with Crippen LogP contribution in [0, 0.1) is 0 Å². The highest BCUT2D eigenvalue weighted by molar-refractivity contribution is 5.71. The lowest BCUT2D eigenvalue weighted by atomic mass is 10.1. The van der Waals surface area contributed by atoms with Crippen molar-refractivity contribution in [2.24, 2.45) is 0 Å². The number of hydrogen-bond acceptors (Lipinski definition) is 6. The summed E-state index contributed by atoms with van der Waals surface area (Å²) < 4.78 is 16.7. The Morgan fingerprint density at radius 2 is 0.683 bits per heavy atom. The smallest absolute Gasteiger partial charge is 0.306 e. The maximum atomic E-state index is 12.8. The van der Waals surface area contributed by atoms with Crippen molar-refractivity contribution in [1.29, 1.82) is 0 Å². The first-order valence-corrected chi connectivity index (χ1v) is 26.1. The van der Waals surface area contributed by atoms with Crippen LogP contribution >= 0.6 is 0 Å².